The number of hydrogen-bond donors (Lipinski definition) is 0. The molecule has 0 unspecified atom stereocenters. The topological polar surface area (TPSA) is 18.5 Å². The number of fused-ring (bicyclic) bond motifs is 7. The highest BCUT2D eigenvalue weighted by Crippen LogP contribution is 2.55. The van der Waals surface area contributed by atoms with Gasteiger partial charge in [0.15, 0.2) is 0 Å². The number of rotatable bonds is 2. The van der Waals surface area contributed by atoms with E-state index in [1.54, 1.807) is 0 Å². The average molecular weight is 573 g/mol. The molecule has 0 amide bonds. The number of ether oxygens (including phenoxy) is 2. The molecular formula is C40H28O2S. The summed E-state index contributed by atoms with van der Waals surface area (Å²) in [5, 5.41) is 2.58. The molecule has 9 rings (SSSR count). The van der Waals surface area contributed by atoms with Crippen LogP contribution in [0, 0.1) is 0 Å². The minimum Gasteiger partial charge on any atom is -0.457 e. The third-order valence-electron chi connectivity index (χ3n) is 9.76. The van der Waals surface area contributed by atoms with Gasteiger partial charge in [-0.15, -0.1) is 11.3 Å². The summed E-state index contributed by atoms with van der Waals surface area (Å²) in [5.41, 5.74) is 6.64. The van der Waals surface area contributed by atoms with Crippen LogP contribution in [0.15, 0.2) is 133 Å². The van der Waals surface area contributed by atoms with E-state index in [9.17, 15) is 0 Å². The number of thiophene rings is 1. The van der Waals surface area contributed by atoms with Crippen molar-refractivity contribution in [3.05, 3.63) is 167 Å². The maximum absolute atomic E-state index is 6.41. The van der Waals surface area contributed by atoms with Crippen molar-refractivity contribution in [3.8, 4) is 23.0 Å². The van der Waals surface area contributed by atoms with E-state index in [1.807, 2.05) is 11.3 Å². The van der Waals surface area contributed by atoms with Gasteiger partial charge in [-0.3, -0.25) is 0 Å². The van der Waals surface area contributed by atoms with Crippen LogP contribution < -0.4 is 9.47 Å². The molecule has 3 heterocycles. The second-order valence-corrected chi connectivity index (χ2v) is 13.0. The first-order chi connectivity index (χ1) is 21.1. The lowest BCUT2D eigenvalue weighted by atomic mass is 9.68. The van der Waals surface area contributed by atoms with E-state index in [-0.39, 0.29) is 10.8 Å². The fourth-order valence-electron chi connectivity index (χ4n) is 7.51. The van der Waals surface area contributed by atoms with Crippen molar-refractivity contribution >= 4 is 31.5 Å². The Morgan fingerprint density at radius 1 is 0.442 bits per heavy atom. The molecule has 2 aliphatic rings. The SMILES string of the molecule is CC1(c2ccc3sc4c(C5(C)c6ccccc6Oc6ccccc65)cccc4c3c2)c2ccccc2Oc2ccccc21. The van der Waals surface area contributed by atoms with Crippen LogP contribution in [-0.2, 0) is 10.8 Å². The lowest BCUT2D eigenvalue weighted by Crippen LogP contribution is -2.29. The van der Waals surface area contributed by atoms with E-state index in [2.05, 4.69) is 147 Å². The van der Waals surface area contributed by atoms with Crippen molar-refractivity contribution in [3.63, 3.8) is 0 Å². The highest BCUT2D eigenvalue weighted by atomic mass is 32.1. The largest absolute Gasteiger partial charge is 0.457 e. The van der Waals surface area contributed by atoms with Crippen molar-refractivity contribution in [2.75, 3.05) is 0 Å². The first kappa shape index (κ1) is 24.7. The number of para-hydroxylation sites is 4. The van der Waals surface area contributed by atoms with Crippen molar-refractivity contribution in [2.24, 2.45) is 0 Å². The van der Waals surface area contributed by atoms with Gasteiger partial charge in [0.1, 0.15) is 23.0 Å². The molecule has 0 atom stereocenters. The first-order valence-corrected chi connectivity index (χ1v) is 15.6. The van der Waals surface area contributed by atoms with E-state index in [0.717, 1.165) is 23.0 Å². The van der Waals surface area contributed by atoms with Crippen molar-refractivity contribution in [2.45, 2.75) is 24.7 Å². The molecule has 0 saturated carbocycles. The Labute approximate surface area is 254 Å². The molecular weight excluding hydrogens is 545 g/mol. The summed E-state index contributed by atoms with van der Waals surface area (Å²) in [4.78, 5) is 0. The first-order valence-electron chi connectivity index (χ1n) is 14.8. The average Bonchev–Trinajstić information content (AvgIpc) is 3.43. The third kappa shape index (κ3) is 3.29. The molecule has 2 nitrogen and oxygen atoms in total. The zero-order valence-corrected chi connectivity index (χ0v) is 24.7. The van der Waals surface area contributed by atoms with Crippen LogP contribution in [0.25, 0.3) is 20.2 Å². The van der Waals surface area contributed by atoms with E-state index >= 15 is 0 Å². The van der Waals surface area contributed by atoms with Gasteiger partial charge in [-0.05, 0) is 61.4 Å². The summed E-state index contributed by atoms with van der Waals surface area (Å²) < 4.78 is 15.4. The Bertz CT molecular complexity index is 2150. The van der Waals surface area contributed by atoms with Crippen LogP contribution in [0.3, 0.4) is 0 Å². The van der Waals surface area contributed by atoms with Crippen LogP contribution in [0.1, 0.15) is 47.2 Å². The zero-order valence-electron chi connectivity index (χ0n) is 23.9. The van der Waals surface area contributed by atoms with E-state index in [1.165, 1.54) is 53.6 Å². The molecule has 0 bridgehead atoms. The second-order valence-electron chi connectivity index (χ2n) is 11.9. The minimum atomic E-state index is -0.362. The van der Waals surface area contributed by atoms with Gasteiger partial charge in [-0.1, -0.05) is 97.1 Å². The van der Waals surface area contributed by atoms with Gasteiger partial charge in [0.25, 0.3) is 0 Å². The molecule has 3 heteroatoms. The molecule has 0 N–H and O–H groups in total. The Hall–Kier alpha value is -4.86. The van der Waals surface area contributed by atoms with Crippen molar-refractivity contribution in [1.82, 2.24) is 0 Å². The van der Waals surface area contributed by atoms with Crippen LogP contribution in [0.5, 0.6) is 23.0 Å². The summed E-state index contributed by atoms with van der Waals surface area (Å²) in [5.74, 6) is 3.69. The molecule has 1 aromatic heterocycles. The Morgan fingerprint density at radius 3 is 1.44 bits per heavy atom. The molecule has 7 aromatic rings. The monoisotopic (exact) mass is 572 g/mol. The normalized spacial score (nSPS) is 15.5. The molecule has 43 heavy (non-hydrogen) atoms. The minimum absolute atomic E-state index is 0.351. The quantitative estimate of drug-likeness (QED) is 0.205. The lowest BCUT2D eigenvalue weighted by Gasteiger charge is -2.38. The highest BCUT2D eigenvalue weighted by Gasteiger charge is 2.42. The van der Waals surface area contributed by atoms with Crippen molar-refractivity contribution < 1.29 is 9.47 Å². The maximum Gasteiger partial charge on any atom is 0.131 e. The predicted molar refractivity (Wildman–Crippen MR) is 176 cm³/mol. The van der Waals surface area contributed by atoms with Crippen LogP contribution in [0.2, 0.25) is 0 Å². The number of hydrogen-bond acceptors (Lipinski definition) is 3. The summed E-state index contributed by atoms with van der Waals surface area (Å²) in [6, 6.07) is 47.8. The molecule has 0 saturated heterocycles. The molecule has 6 aromatic carbocycles. The van der Waals surface area contributed by atoms with E-state index in [4.69, 9.17) is 9.47 Å². The van der Waals surface area contributed by atoms with Gasteiger partial charge >= 0.3 is 0 Å². The third-order valence-corrected chi connectivity index (χ3v) is 11.0. The summed E-state index contributed by atoms with van der Waals surface area (Å²) in [6.45, 7) is 4.69. The molecule has 0 aliphatic carbocycles. The molecule has 2 aliphatic heterocycles. The lowest BCUT2D eigenvalue weighted by molar-refractivity contribution is 0.427. The van der Waals surface area contributed by atoms with Crippen LogP contribution >= 0.6 is 11.3 Å². The standard InChI is InChI=1S/C40H28O2S/c1-39(28-13-3-7-18-33(28)41-34-19-8-4-14-29(34)39)25-22-23-37-27(24-25)26-12-11-17-32(38(26)43-37)40(2)30-15-5-9-20-35(30)42-36-21-10-6-16-31(36)40/h3-24H,1-2H3. The molecule has 0 spiro atoms. The van der Waals surface area contributed by atoms with Gasteiger partial charge in [0.2, 0.25) is 0 Å². The molecule has 0 radical (unpaired) electrons. The van der Waals surface area contributed by atoms with Crippen LogP contribution in [-0.4, -0.2) is 0 Å². The van der Waals surface area contributed by atoms with E-state index < -0.39 is 0 Å². The molecule has 206 valence electrons. The predicted octanol–water partition coefficient (Wildman–Crippen LogP) is 11.0. The van der Waals surface area contributed by atoms with Gasteiger partial charge in [0.05, 0.1) is 5.41 Å². The fourth-order valence-corrected chi connectivity index (χ4v) is 8.81. The van der Waals surface area contributed by atoms with Gasteiger partial charge in [-0.25, -0.2) is 0 Å². The van der Waals surface area contributed by atoms with Gasteiger partial charge in [-0.2, -0.15) is 0 Å². The van der Waals surface area contributed by atoms with Gasteiger partial charge in [0, 0.05) is 47.8 Å². The van der Waals surface area contributed by atoms with Gasteiger partial charge < -0.3 is 9.47 Å². The smallest absolute Gasteiger partial charge is 0.131 e. The maximum atomic E-state index is 6.41. The summed E-state index contributed by atoms with van der Waals surface area (Å²) in [6.07, 6.45) is 0. The Balaban J connectivity index is 1.30. The Kier molecular flexibility index (Phi) is 5.07. The highest BCUT2D eigenvalue weighted by molar-refractivity contribution is 7.26. The Morgan fingerprint density at radius 2 is 0.907 bits per heavy atom. The number of benzene rings is 6. The fraction of sp³-hybridized carbons (Fsp3) is 0.100. The van der Waals surface area contributed by atoms with E-state index in [0.29, 0.717) is 0 Å². The summed E-state index contributed by atoms with van der Waals surface area (Å²) >= 11 is 1.89. The zero-order chi connectivity index (χ0) is 28.8. The second kappa shape index (κ2) is 8.82. The molecule has 0 fully saturated rings. The summed E-state index contributed by atoms with van der Waals surface area (Å²) in [7, 11) is 0. The van der Waals surface area contributed by atoms with Crippen molar-refractivity contribution in [1.29, 1.82) is 0 Å². The van der Waals surface area contributed by atoms with Crippen LogP contribution in [0.4, 0.5) is 0 Å².